The third-order valence-electron chi connectivity index (χ3n) is 7.23. The molecule has 2 aromatic rings. The van der Waals surface area contributed by atoms with Gasteiger partial charge in [0.2, 0.25) is 0 Å². The number of benzene rings is 2. The summed E-state index contributed by atoms with van der Waals surface area (Å²) in [6, 6.07) is 17.3. The minimum Gasteiger partial charge on any atom is -0.399 e. The van der Waals surface area contributed by atoms with E-state index in [1.807, 2.05) is 0 Å². The van der Waals surface area contributed by atoms with Crippen molar-refractivity contribution in [2.45, 2.75) is 122 Å². The molecule has 0 fully saturated rings. The van der Waals surface area contributed by atoms with Crippen LogP contribution in [0, 0.1) is 0 Å². The van der Waals surface area contributed by atoms with Gasteiger partial charge in [0.25, 0.3) is 0 Å². The first-order chi connectivity index (χ1) is 16.1. The zero-order valence-electron chi connectivity index (χ0n) is 21.5. The summed E-state index contributed by atoms with van der Waals surface area (Å²) < 4.78 is 0. The molecule has 2 unspecified atom stereocenters. The van der Waals surface area contributed by atoms with E-state index in [9.17, 15) is 0 Å². The number of hydrogen-bond acceptors (Lipinski definition) is 2. The fraction of sp³-hybridized carbons (Fsp3) is 0.613. The fourth-order valence-electron chi connectivity index (χ4n) is 5.08. The van der Waals surface area contributed by atoms with Crippen molar-refractivity contribution in [3.05, 3.63) is 59.7 Å². The maximum absolute atomic E-state index is 5.94. The molecule has 0 spiro atoms. The molecule has 2 atom stereocenters. The zero-order valence-corrected chi connectivity index (χ0v) is 21.5. The van der Waals surface area contributed by atoms with Crippen molar-refractivity contribution in [3.63, 3.8) is 0 Å². The molecule has 0 radical (unpaired) electrons. The van der Waals surface area contributed by atoms with Gasteiger partial charge in [-0.2, -0.15) is 0 Å². The van der Waals surface area contributed by atoms with E-state index in [0.717, 1.165) is 11.4 Å². The lowest BCUT2D eigenvalue weighted by Gasteiger charge is -2.19. The molecule has 0 aliphatic carbocycles. The molecular formula is C31H50N2. The Balaban J connectivity index is 1.82. The number of anilines is 2. The Hall–Kier alpha value is -1.96. The maximum Gasteiger partial charge on any atom is 0.0314 e. The van der Waals surface area contributed by atoms with Crippen molar-refractivity contribution in [1.29, 1.82) is 0 Å². The molecule has 0 saturated carbocycles. The van der Waals surface area contributed by atoms with E-state index in [-0.39, 0.29) is 0 Å². The lowest BCUT2D eigenvalue weighted by atomic mass is 9.86. The van der Waals surface area contributed by atoms with E-state index in [2.05, 4.69) is 62.4 Å². The van der Waals surface area contributed by atoms with E-state index in [1.165, 1.54) is 107 Å². The lowest BCUT2D eigenvalue weighted by molar-refractivity contribution is 0.469. The Bertz CT molecular complexity index is 720. The molecule has 0 saturated heterocycles. The van der Waals surface area contributed by atoms with E-state index in [1.54, 1.807) is 0 Å². The molecule has 184 valence electrons. The molecular weight excluding hydrogens is 400 g/mol. The highest BCUT2D eigenvalue weighted by Gasteiger charge is 2.13. The quantitative estimate of drug-likeness (QED) is 0.175. The van der Waals surface area contributed by atoms with Crippen molar-refractivity contribution in [2.75, 3.05) is 11.5 Å². The topological polar surface area (TPSA) is 52.0 Å². The highest BCUT2D eigenvalue weighted by molar-refractivity contribution is 5.41. The lowest BCUT2D eigenvalue weighted by Crippen LogP contribution is -2.02. The van der Waals surface area contributed by atoms with Crippen LogP contribution < -0.4 is 11.5 Å². The number of nitrogens with two attached hydrogens (primary N) is 2. The molecule has 2 aromatic carbocycles. The molecule has 2 heteroatoms. The maximum atomic E-state index is 5.94. The van der Waals surface area contributed by atoms with Gasteiger partial charge in [0.05, 0.1) is 0 Å². The van der Waals surface area contributed by atoms with E-state index in [0.29, 0.717) is 11.8 Å². The van der Waals surface area contributed by atoms with Crippen molar-refractivity contribution >= 4 is 11.4 Å². The molecule has 0 aromatic heterocycles. The second-order valence-corrected chi connectivity index (χ2v) is 10.1. The number of unbranched alkanes of at least 4 members (excludes halogenated alkanes) is 8. The SMILES string of the molecule is CCCCCCCC(CCCCCC(CCCCC)c1ccc(N)cc1)c1ccc(N)cc1. The van der Waals surface area contributed by atoms with Gasteiger partial charge in [0, 0.05) is 11.4 Å². The molecule has 0 aliphatic heterocycles. The smallest absolute Gasteiger partial charge is 0.0314 e. The van der Waals surface area contributed by atoms with Crippen LogP contribution in [0.1, 0.15) is 133 Å². The van der Waals surface area contributed by atoms with Crippen molar-refractivity contribution in [1.82, 2.24) is 0 Å². The summed E-state index contributed by atoms with van der Waals surface area (Å²) in [4.78, 5) is 0. The number of rotatable bonds is 18. The number of hydrogen-bond donors (Lipinski definition) is 2. The second kappa shape index (κ2) is 16.6. The monoisotopic (exact) mass is 450 g/mol. The van der Waals surface area contributed by atoms with Gasteiger partial charge in [0.1, 0.15) is 0 Å². The van der Waals surface area contributed by atoms with E-state index >= 15 is 0 Å². The molecule has 2 rings (SSSR count). The van der Waals surface area contributed by atoms with Crippen LogP contribution in [-0.2, 0) is 0 Å². The third kappa shape index (κ3) is 11.1. The molecule has 0 aliphatic rings. The first-order valence-corrected chi connectivity index (χ1v) is 13.8. The summed E-state index contributed by atoms with van der Waals surface area (Å²) in [5.74, 6) is 1.37. The predicted molar refractivity (Wildman–Crippen MR) is 148 cm³/mol. The van der Waals surface area contributed by atoms with Gasteiger partial charge < -0.3 is 11.5 Å². The molecule has 33 heavy (non-hydrogen) atoms. The predicted octanol–water partition coefficient (Wildman–Crippen LogP) is 9.61. The average molecular weight is 451 g/mol. The highest BCUT2D eigenvalue weighted by atomic mass is 14.5. The first kappa shape index (κ1) is 27.3. The van der Waals surface area contributed by atoms with Crippen molar-refractivity contribution in [2.24, 2.45) is 0 Å². The summed E-state index contributed by atoms with van der Waals surface area (Å²) >= 11 is 0. The van der Waals surface area contributed by atoms with Crippen LogP contribution in [0.25, 0.3) is 0 Å². The summed E-state index contributed by atoms with van der Waals surface area (Å²) in [5, 5.41) is 0. The highest BCUT2D eigenvalue weighted by Crippen LogP contribution is 2.32. The van der Waals surface area contributed by atoms with Gasteiger partial charge in [-0.05, 0) is 72.9 Å². The fourth-order valence-corrected chi connectivity index (χ4v) is 5.08. The van der Waals surface area contributed by atoms with Gasteiger partial charge in [-0.3, -0.25) is 0 Å². The summed E-state index contributed by atoms with van der Waals surface area (Å²) in [6.07, 6.45) is 20.0. The first-order valence-electron chi connectivity index (χ1n) is 13.8. The van der Waals surface area contributed by atoms with E-state index < -0.39 is 0 Å². The molecule has 4 N–H and O–H groups in total. The van der Waals surface area contributed by atoms with E-state index in [4.69, 9.17) is 11.5 Å². The van der Waals surface area contributed by atoms with Gasteiger partial charge in [-0.1, -0.05) is 109 Å². The van der Waals surface area contributed by atoms with Crippen LogP contribution in [-0.4, -0.2) is 0 Å². The number of nitrogen functional groups attached to an aromatic ring is 2. The average Bonchev–Trinajstić information content (AvgIpc) is 2.82. The Kier molecular flexibility index (Phi) is 13.7. The minimum absolute atomic E-state index is 0.684. The van der Waals surface area contributed by atoms with Crippen LogP contribution in [0.4, 0.5) is 11.4 Å². The van der Waals surface area contributed by atoms with Crippen LogP contribution in [0.5, 0.6) is 0 Å². The van der Waals surface area contributed by atoms with Gasteiger partial charge >= 0.3 is 0 Å². The standard InChI is InChI=1S/C31H50N2/c1-3-5-7-8-11-15-27(29-20-24-31(33)25-21-29)17-13-9-12-16-26(14-10-6-4-2)28-18-22-30(32)23-19-28/h18-27H,3-17,32-33H2,1-2H3. The van der Waals surface area contributed by atoms with Crippen molar-refractivity contribution < 1.29 is 0 Å². The largest absolute Gasteiger partial charge is 0.399 e. The summed E-state index contributed by atoms with van der Waals surface area (Å²) in [5.41, 5.74) is 16.6. The van der Waals surface area contributed by atoms with Gasteiger partial charge in [-0.25, -0.2) is 0 Å². The Morgan fingerprint density at radius 1 is 0.455 bits per heavy atom. The van der Waals surface area contributed by atoms with Gasteiger partial charge in [-0.15, -0.1) is 0 Å². The minimum atomic E-state index is 0.684. The Morgan fingerprint density at radius 3 is 1.15 bits per heavy atom. The van der Waals surface area contributed by atoms with Crippen LogP contribution in [0.3, 0.4) is 0 Å². The Labute approximate surface area is 204 Å². The Morgan fingerprint density at radius 2 is 0.758 bits per heavy atom. The molecule has 0 amide bonds. The summed E-state index contributed by atoms with van der Waals surface area (Å²) in [6.45, 7) is 4.58. The second-order valence-electron chi connectivity index (χ2n) is 10.1. The van der Waals surface area contributed by atoms with Gasteiger partial charge in [0.15, 0.2) is 0 Å². The van der Waals surface area contributed by atoms with Crippen molar-refractivity contribution in [3.8, 4) is 0 Å². The summed E-state index contributed by atoms with van der Waals surface area (Å²) in [7, 11) is 0. The normalized spacial score (nSPS) is 13.2. The zero-order chi connectivity index (χ0) is 23.7. The van der Waals surface area contributed by atoms with Crippen LogP contribution in [0.15, 0.2) is 48.5 Å². The van der Waals surface area contributed by atoms with Crippen LogP contribution in [0.2, 0.25) is 0 Å². The molecule has 0 bridgehead atoms. The molecule has 2 nitrogen and oxygen atoms in total. The van der Waals surface area contributed by atoms with Crippen LogP contribution >= 0.6 is 0 Å². The third-order valence-corrected chi connectivity index (χ3v) is 7.23. The molecule has 0 heterocycles.